The monoisotopic (exact) mass is 299 g/mol. The lowest BCUT2D eigenvalue weighted by atomic mass is 9.71. The number of aliphatic carboxylic acids is 1. The van der Waals surface area contributed by atoms with E-state index in [0.29, 0.717) is 13.2 Å². The summed E-state index contributed by atoms with van der Waals surface area (Å²) in [5.41, 5.74) is 7.20. The van der Waals surface area contributed by atoms with Crippen molar-refractivity contribution in [3.63, 3.8) is 0 Å². The van der Waals surface area contributed by atoms with Crippen LogP contribution in [0.25, 0.3) is 0 Å². The first-order valence-electron chi connectivity index (χ1n) is 5.30. The Morgan fingerprint density at radius 2 is 2.24 bits per heavy atom. The number of hydrogen-bond acceptors (Lipinski definition) is 3. The van der Waals surface area contributed by atoms with Crippen molar-refractivity contribution in [2.45, 2.75) is 18.4 Å². The summed E-state index contributed by atoms with van der Waals surface area (Å²) in [5.74, 6) is -0.993. The minimum Gasteiger partial charge on any atom is -0.480 e. The zero-order valence-corrected chi connectivity index (χ0v) is 11.0. The molecule has 1 aliphatic heterocycles. The molecule has 0 amide bonds. The molecule has 0 spiro atoms. The van der Waals surface area contributed by atoms with Gasteiger partial charge in [0.15, 0.2) is 0 Å². The van der Waals surface area contributed by atoms with Crippen LogP contribution in [0.15, 0.2) is 22.7 Å². The molecule has 1 heterocycles. The number of ether oxygens (including phenoxy) is 1. The number of halogens is 1. The Morgan fingerprint density at radius 1 is 1.59 bits per heavy atom. The van der Waals surface area contributed by atoms with Crippen LogP contribution in [-0.2, 0) is 14.9 Å². The third kappa shape index (κ3) is 1.99. The highest BCUT2D eigenvalue weighted by atomic mass is 79.9. The van der Waals surface area contributed by atoms with Crippen molar-refractivity contribution in [3.8, 4) is 0 Å². The Morgan fingerprint density at radius 3 is 2.71 bits per heavy atom. The second-order valence-electron chi connectivity index (χ2n) is 4.42. The number of carbonyl (C=O) groups is 1. The summed E-state index contributed by atoms with van der Waals surface area (Å²) in [6, 6.07) is 4.87. The molecule has 1 saturated heterocycles. The fourth-order valence-corrected chi connectivity index (χ4v) is 2.55. The minimum atomic E-state index is -0.993. The van der Waals surface area contributed by atoms with Gasteiger partial charge in [0.05, 0.1) is 18.6 Å². The second-order valence-corrected chi connectivity index (χ2v) is 5.34. The maximum atomic E-state index is 11.1. The minimum absolute atomic E-state index is 0.359. The third-order valence-corrected chi connectivity index (χ3v) is 3.81. The van der Waals surface area contributed by atoms with Gasteiger partial charge in [0.1, 0.15) is 6.04 Å². The summed E-state index contributed by atoms with van der Waals surface area (Å²) < 4.78 is 6.12. The highest BCUT2D eigenvalue weighted by Crippen LogP contribution is 2.38. The highest BCUT2D eigenvalue weighted by Gasteiger charge is 2.49. The van der Waals surface area contributed by atoms with Crippen molar-refractivity contribution >= 4 is 21.9 Å². The number of benzene rings is 1. The van der Waals surface area contributed by atoms with E-state index in [2.05, 4.69) is 15.9 Å². The molecule has 1 atom stereocenters. The van der Waals surface area contributed by atoms with Gasteiger partial charge in [0, 0.05) is 4.47 Å². The Kier molecular flexibility index (Phi) is 3.25. The van der Waals surface area contributed by atoms with Gasteiger partial charge in [-0.2, -0.15) is 0 Å². The zero-order valence-electron chi connectivity index (χ0n) is 9.44. The summed E-state index contributed by atoms with van der Waals surface area (Å²) in [4.78, 5) is 11.1. The van der Waals surface area contributed by atoms with Gasteiger partial charge in [0.2, 0.25) is 0 Å². The predicted octanol–water partition coefficient (Wildman–Crippen LogP) is 1.44. The van der Waals surface area contributed by atoms with Crippen LogP contribution in [0.5, 0.6) is 0 Å². The fraction of sp³-hybridized carbons (Fsp3) is 0.417. The molecule has 1 unspecified atom stereocenters. The molecule has 1 aliphatic rings. The van der Waals surface area contributed by atoms with Crippen LogP contribution in [0, 0.1) is 6.92 Å². The van der Waals surface area contributed by atoms with Gasteiger partial charge in [-0.1, -0.05) is 22.0 Å². The first kappa shape index (κ1) is 12.5. The molecule has 1 aromatic carbocycles. The van der Waals surface area contributed by atoms with Crippen LogP contribution in [0.2, 0.25) is 0 Å². The summed E-state index contributed by atoms with van der Waals surface area (Å²) in [5, 5.41) is 9.11. The normalized spacial score (nSPS) is 19.5. The summed E-state index contributed by atoms with van der Waals surface area (Å²) in [7, 11) is 0. The molecule has 0 aromatic heterocycles. The quantitative estimate of drug-likeness (QED) is 0.886. The number of rotatable bonds is 3. The van der Waals surface area contributed by atoms with Crippen molar-refractivity contribution in [3.05, 3.63) is 33.8 Å². The van der Waals surface area contributed by atoms with Crippen molar-refractivity contribution in [1.29, 1.82) is 0 Å². The molecule has 0 radical (unpaired) electrons. The van der Waals surface area contributed by atoms with Gasteiger partial charge >= 0.3 is 5.97 Å². The molecular weight excluding hydrogens is 286 g/mol. The predicted molar refractivity (Wildman–Crippen MR) is 67.0 cm³/mol. The van der Waals surface area contributed by atoms with Gasteiger partial charge in [-0.05, 0) is 30.2 Å². The van der Waals surface area contributed by atoms with Gasteiger partial charge < -0.3 is 15.6 Å². The van der Waals surface area contributed by atoms with E-state index in [-0.39, 0.29) is 0 Å². The number of aryl methyl sites for hydroxylation is 1. The average Bonchev–Trinajstić information content (AvgIpc) is 2.21. The Balaban J connectivity index is 2.48. The summed E-state index contributed by atoms with van der Waals surface area (Å²) in [6.45, 7) is 2.67. The van der Waals surface area contributed by atoms with Crippen LogP contribution in [0.4, 0.5) is 0 Å². The average molecular weight is 300 g/mol. The maximum absolute atomic E-state index is 11.1. The number of nitrogens with two attached hydrogens (primary N) is 1. The fourth-order valence-electron chi connectivity index (χ4n) is 2.19. The van der Waals surface area contributed by atoms with E-state index in [9.17, 15) is 4.79 Å². The van der Waals surface area contributed by atoms with Gasteiger partial charge in [-0.25, -0.2) is 0 Å². The van der Waals surface area contributed by atoms with Crippen LogP contribution < -0.4 is 5.73 Å². The smallest absolute Gasteiger partial charge is 0.321 e. The standard InChI is InChI=1S/C12H14BrNO3/c1-7-2-3-8(13)4-9(7)12(5-17-6-12)10(14)11(15)16/h2-4,10H,5-6,14H2,1H3,(H,15,16). The lowest BCUT2D eigenvalue weighted by molar-refractivity contribution is -0.148. The Bertz CT molecular complexity index is 457. The molecule has 1 aromatic rings. The Labute approximate surface area is 108 Å². The first-order chi connectivity index (χ1) is 7.97. The van der Waals surface area contributed by atoms with Crippen molar-refractivity contribution in [1.82, 2.24) is 0 Å². The van der Waals surface area contributed by atoms with E-state index in [1.54, 1.807) is 0 Å². The number of hydrogen-bond donors (Lipinski definition) is 2. The molecule has 4 nitrogen and oxygen atoms in total. The van der Waals surface area contributed by atoms with Crippen LogP contribution in [0.3, 0.4) is 0 Å². The topological polar surface area (TPSA) is 72.6 Å². The lowest BCUT2D eigenvalue weighted by Crippen LogP contribution is -2.62. The molecule has 2 rings (SSSR count). The van der Waals surface area contributed by atoms with E-state index < -0.39 is 17.4 Å². The zero-order chi connectivity index (χ0) is 12.6. The van der Waals surface area contributed by atoms with Gasteiger partial charge in [-0.15, -0.1) is 0 Å². The molecule has 0 aliphatic carbocycles. The Hall–Kier alpha value is -0.910. The molecule has 92 valence electrons. The van der Waals surface area contributed by atoms with Crippen LogP contribution in [-0.4, -0.2) is 30.3 Å². The molecule has 1 fully saturated rings. The maximum Gasteiger partial charge on any atom is 0.321 e. The van der Waals surface area contributed by atoms with E-state index in [0.717, 1.165) is 15.6 Å². The van der Waals surface area contributed by atoms with E-state index in [1.165, 1.54) is 0 Å². The van der Waals surface area contributed by atoms with Crippen molar-refractivity contribution < 1.29 is 14.6 Å². The highest BCUT2D eigenvalue weighted by molar-refractivity contribution is 9.10. The van der Waals surface area contributed by atoms with Crippen LogP contribution in [0.1, 0.15) is 11.1 Å². The molecule has 0 saturated carbocycles. The van der Waals surface area contributed by atoms with E-state index in [1.807, 2.05) is 25.1 Å². The van der Waals surface area contributed by atoms with E-state index in [4.69, 9.17) is 15.6 Å². The first-order valence-corrected chi connectivity index (χ1v) is 6.09. The van der Waals surface area contributed by atoms with Crippen molar-refractivity contribution in [2.24, 2.45) is 5.73 Å². The molecule has 17 heavy (non-hydrogen) atoms. The molecular formula is C12H14BrNO3. The second kappa shape index (κ2) is 4.40. The summed E-state index contributed by atoms with van der Waals surface area (Å²) >= 11 is 3.40. The SMILES string of the molecule is Cc1ccc(Br)cc1C1(C(N)C(=O)O)COC1. The number of carboxylic acids is 1. The largest absolute Gasteiger partial charge is 0.480 e. The van der Waals surface area contributed by atoms with Gasteiger partial charge in [0.25, 0.3) is 0 Å². The lowest BCUT2D eigenvalue weighted by Gasteiger charge is -2.45. The molecule has 3 N–H and O–H groups in total. The summed E-state index contributed by atoms with van der Waals surface area (Å²) in [6.07, 6.45) is 0. The third-order valence-electron chi connectivity index (χ3n) is 3.32. The molecule has 5 heteroatoms. The molecule has 0 bridgehead atoms. The van der Waals surface area contributed by atoms with Gasteiger partial charge in [-0.3, -0.25) is 4.79 Å². The number of carboxylic acid groups (broad SMARTS) is 1. The van der Waals surface area contributed by atoms with Crippen molar-refractivity contribution in [2.75, 3.05) is 13.2 Å². The van der Waals surface area contributed by atoms with Crippen LogP contribution >= 0.6 is 15.9 Å². The van der Waals surface area contributed by atoms with E-state index >= 15 is 0 Å².